The molecule has 0 aliphatic heterocycles. The zero-order valence-electron chi connectivity index (χ0n) is 8.95. The molecule has 2 aromatic rings. The Labute approximate surface area is 107 Å². The normalized spacial score (nSPS) is 9.89. The minimum Gasteiger partial charge on any atom is -0.453 e. The van der Waals surface area contributed by atoms with E-state index >= 15 is 0 Å². The zero-order valence-corrected chi connectivity index (χ0v) is 9.71. The fourth-order valence-corrected chi connectivity index (χ4v) is 1.55. The van der Waals surface area contributed by atoms with Crippen LogP contribution in [0.3, 0.4) is 0 Å². The Morgan fingerprint density at radius 2 is 1.83 bits per heavy atom. The molecule has 0 aromatic heterocycles. The van der Waals surface area contributed by atoms with Gasteiger partial charge in [0, 0.05) is 6.07 Å². The van der Waals surface area contributed by atoms with Gasteiger partial charge in [0.25, 0.3) is 0 Å². The smallest absolute Gasteiger partial charge is 0.166 e. The highest BCUT2D eigenvalue weighted by atomic mass is 35.5. The van der Waals surface area contributed by atoms with Crippen LogP contribution < -0.4 is 4.74 Å². The van der Waals surface area contributed by atoms with Crippen LogP contribution in [0.5, 0.6) is 11.5 Å². The van der Waals surface area contributed by atoms with Crippen molar-refractivity contribution in [3.05, 3.63) is 58.6 Å². The van der Waals surface area contributed by atoms with Gasteiger partial charge in [-0.3, -0.25) is 0 Å². The third kappa shape index (κ3) is 2.58. The van der Waals surface area contributed by atoms with E-state index in [4.69, 9.17) is 21.6 Å². The maximum atomic E-state index is 13.3. The summed E-state index contributed by atoms with van der Waals surface area (Å²) in [6.07, 6.45) is 0. The SMILES string of the molecule is N#Cc1ccc(Oc2cc(F)ccc2F)c(Cl)c1. The van der Waals surface area contributed by atoms with Crippen molar-refractivity contribution in [2.24, 2.45) is 0 Å². The molecule has 0 unspecified atom stereocenters. The average molecular weight is 266 g/mol. The van der Waals surface area contributed by atoms with Crippen LogP contribution >= 0.6 is 11.6 Å². The van der Waals surface area contributed by atoms with Gasteiger partial charge in [0.15, 0.2) is 11.6 Å². The van der Waals surface area contributed by atoms with Gasteiger partial charge < -0.3 is 4.74 Å². The molecule has 0 spiro atoms. The standard InChI is InChI=1S/C13H6ClF2NO/c14-10-5-8(7-17)1-4-12(10)18-13-6-9(15)2-3-11(13)16/h1-6H. The lowest BCUT2D eigenvalue weighted by molar-refractivity contribution is 0.436. The van der Waals surface area contributed by atoms with Gasteiger partial charge in [0.1, 0.15) is 11.6 Å². The fraction of sp³-hybridized carbons (Fsp3) is 0. The Morgan fingerprint density at radius 1 is 1.06 bits per heavy atom. The second kappa shape index (κ2) is 5.03. The van der Waals surface area contributed by atoms with Crippen molar-refractivity contribution in [3.63, 3.8) is 0 Å². The second-order valence-corrected chi connectivity index (χ2v) is 3.84. The van der Waals surface area contributed by atoms with Crippen molar-refractivity contribution < 1.29 is 13.5 Å². The molecule has 0 atom stereocenters. The number of nitriles is 1. The predicted molar refractivity (Wildman–Crippen MR) is 62.6 cm³/mol. The van der Waals surface area contributed by atoms with Crippen LogP contribution in [0.4, 0.5) is 8.78 Å². The summed E-state index contributed by atoms with van der Waals surface area (Å²) < 4.78 is 31.5. The number of halogens is 3. The summed E-state index contributed by atoms with van der Waals surface area (Å²) in [6, 6.07) is 9.05. The summed E-state index contributed by atoms with van der Waals surface area (Å²) in [7, 11) is 0. The fourth-order valence-electron chi connectivity index (χ4n) is 1.33. The largest absolute Gasteiger partial charge is 0.453 e. The second-order valence-electron chi connectivity index (χ2n) is 3.43. The van der Waals surface area contributed by atoms with E-state index in [9.17, 15) is 8.78 Å². The lowest BCUT2D eigenvalue weighted by Gasteiger charge is -2.08. The molecule has 0 N–H and O–H groups in total. The van der Waals surface area contributed by atoms with Gasteiger partial charge in [0.2, 0.25) is 0 Å². The molecule has 0 bridgehead atoms. The third-order valence-corrected chi connectivity index (χ3v) is 2.47. The number of hydrogen-bond donors (Lipinski definition) is 0. The van der Waals surface area contributed by atoms with Crippen molar-refractivity contribution in [1.29, 1.82) is 5.26 Å². The quantitative estimate of drug-likeness (QED) is 0.812. The summed E-state index contributed by atoms with van der Waals surface area (Å²) in [5, 5.41) is 8.81. The highest BCUT2D eigenvalue weighted by Crippen LogP contribution is 2.31. The van der Waals surface area contributed by atoms with Gasteiger partial charge >= 0.3 is 0 Å². The molecule has 0 aliphatic carbocycles. The molecule has 2 nitrogen and oxygen atoms in total. The molecule has 2 aromatic carbocycles. The first-order chi connectivity index (χ1) is 8.60. The molecular formula is C13H6ClF2NO. The summed E-state index contributed by atoms with van der Waals surface area (Å²) in [6.45, 7) is 0. The average Bonchev–Trinajstić information content (AvgIpc) is 2.36. The molecule has 5 heteroatoms. The van der Waals surface area contributed by atoms with Crippen molar-refractivity contribution in [2.75, 3.05) is 0 Å². The number of benzene rings is 2. The van der Waals surface area contributed by atoms with E-state index < -0.39 is 11.6 Å². The molecule has 0 fully saturated rings. The zero-order chi connectivity index (χ0) is 13.1. The van der Waals surface area contributed by atoms with E-state index in [1.54, 1.807) is 0 Å². The lowest BCUT2D eigenvalue weighted by Crippen LogP contribution is -1.90. The summed E-state index contributed by atoms with van der Waals surface area (Å²) >= 11 is 5.86. The Balaban J connectivity index is 2.34. The first kappa shape index (κ1) is 12.3. The van der Waals surface area contributed by atoms with Crippen LogP contribution in [0, 0.1) is 23.0 Å². The topological polar surface area (TPSA) is 33.0 Å². The van der Waals surface area contributed by atoms with Crippen LogP contribution in [0.15, 0.2) is 36.4 Å². The number of rotatable bonds is 2. The monoisotopic (exact) mass is 265 g/mol. The minimum absolute atomic E-state index is 0.151. The molecule has 0 heterocycles. The summed E-state index contributed by atoms with van der Waals surface area (Å²) in [4.78, 5) is 0. The van der Waals surface area contributed by atoms with E-state index in [2.05, 4.69) is 0 Å². The van der Waals surface area contributed by atoms with Gasteiger partial charge in [-0.15, -0.1) is 0 Å². The predicted octanol–water partition coefficient (Wildman–Crippen LogP) is 4.28. The molecule has 0 radical (unpaired) electrons. The maximum Gasteiger partial charge on any atom is 0.166 e. The molecule has 0 amide bonds. The van der Waals surface area contributed by atoms with Crippen LogP contribution in [-0.4, -0.2) is 0 Å². The van der Waals surface area contributed by atoms with Gasteiger partial charge in [-0.1, -0.05) is 11.6 Å². The van der Waals surface area contributed by atoms with Gasteiger partial charge in [0.05, 0.1) is 16.7 Å². The van der Waals surface area contributed by atoms with E-state index in [1.807, 2.05) is 6.07 Å². The lowest BCUT2D eigenvalue weighted by atomic mass is 10.2. The Bertz CT molecular complexity index is 637. The maximum absolute atomic E-state index is 13.3. The number of hydrogen-bond acceptors (Lipinski definition) is 2. The first-order valence-electron chi connectivity index (χ1n) is 4.92. The van der Waals surface area contributed by atoms with Crippen molar-refractivity contribution >= 4 is 11.6 Å². The van der Waals surface area contributed by atoms with E-state index in [0.717, 1.165) is 18.2 Å². The molecule has 90 valence electrons. The Hall–Kier alpha value is -2.12. The minimum atomic E-state index is -0.697. The van der Waals surface area contributed by atoms with Gasteiger partial charge in [-0.25, -0.2) is 8.78 Å². The first-order valence-corrected chi connectivity index (χ1v) is 5.30. The van der Waals surface area contributed by atoms with Crippen molar-refractivity contribution in [1.82, 2.24) is 0 Å². The molecule has 18 heavy (non-hydrogen) atoms. The number of nitrogens with zero attached hydrogens (tertiary/aromatic N) is 1. The Kier molecular flexibility index (Phi) is 3.45. The van der Waals surface area contributed by atoms with Gasteiger partial charge in [-0.05, 0) is 30.3 Å². The van der Waals surface area contributed by atoms with Gasteiger partial charge in [-0.2, -0.15) is 5.26 Å². The van der Waals surface area contributed by atoms with E-state index in [0.29, 0.717) is 5.56 Å². The summed E-state index contributed by atoms with van der Waals surface area (Å²) in [5.74, 6) is -1.42. The Morgan fingerprint density at radius 3 is 2.50 bits per heavy atom. The van der Waals surface area contributed by atoms with E-state index in [1.165, 1.54) is 18.2 Å². The molecule has 0 saturated heterocycles. The van der Waals surface area contributed by atoms with Crippen LogP contribution in [0.25, 0.3) is 0 Å². The highest BCUT2D eigenvalue weighted by molar-refractivity contribution is 6.32. The van der Waals surface area contributed by atoms with E-state index in [-0.39, 0.29) is 16.5 Å². The molecular weight excluding hydrogens is 260 g/mol. The molecule has 0 saturated carbocycles. The van der Waals surface area contributed by atoms with Crippen LogP contribution in [0.1, 0.15) is 5.56 Å². The van der Waals surface area contributed by atoms with Crippen molar-refractivity contribution in [3.8, 4) is 17.6 Å². The van der Waals surface area contributed by atoms with Crippen LogP contribution in [0.2, 0.25) is 5.02 Å². The highest BCUT2D eigenvalue weighted by Gasteiger charge is 2.09. The number of ether oxygens (including phenoxy) is 1. The van der Waals surface area contributed by atoms with Crippen molar-refractivity contribution in [2.45, 2.75) is 0 Å². The van der Waals surface area contributed by atoms with Crippen LogP contribution in [-0.2, 0) is 0 Å². The molecule has 0 aliphatic rings. The molecule has 2 rings (SSSR count). The summed E-state index contributed by atoms with van der Waals surface area (Å²) in [5.41, 5.74) is 0.354. The third-order valence-electron chi connectivity index (χ3n) is 2.17.